The molecule has 0 unspecified atom stereocenters. The second-order valence-electron chi connectivity index (χ2n) is 13.6. The van der Waals surface area contributed by atoms with Gasteiger partial charge in [-0.1, -0.05) is 57.5 Å². The summed E-state index contributed by atoms with van der Waals surface area (Å²) in [6.07, 6.45) is 4.17. The first-order chi connectivity index (χ1) is 20.4. The van der Waals surface area contributed by atoms with Crippen molar-refractivity contribution in [3.05, 3.63) is 66.1 Å². The van der Waals surface area contributed by atoms with Gasteiger partial charge in [0.15, 0.2) is 6.10 Å². The van der Waals surface area contributed by atoms with Crippen molar-refractivity contribution in [2.75, 3.05) is 7.11 Å². The number of esters is 3. The third kappa shape index (κ3) is 4.22. The number of cyclic esters (lactones) is 1. The number of aliphatic hydroxyl groups is 1. The van der Waals surface area contributed by atoms with Crippen LogP contribution in [0.5, 0.6) is 5.75 Å². The summed E-state index contributed by atoms with van der Waals surface area (Å²) in [5.74, 6) is -5.22. The number of allylic oxidation sites excluding steroid dienone is 2. The van der Waals surface area contributed by atoms with Crippen molar-refractivity contribution in [1.29, 1.82) is 0 Å². The van der Waals surface area contributed by atoms with Gasteiger partial charge in [0.25, 0.3) is 0 Å². The summed E-state index contributed by atoms with van der Waals surface area (Å²) < 4.78 is 22.1. The molecule has 1 N–H and O–H groups in total. The average Bonchev–Trinajstić information content (AvgIpc) is 3.50. The lowest BCUT2D eigenvalue weighted by molar-refractivity contribution is -0.199. The number of benzene rings is 1. The molecule has 2 bridgehead atoms. The highest BCUT2D eigenvalue weighted by atomic mass is 16.6. The molecular formula is C34H38O9. The molecule has 2 heterocycles. The van der Waals surface area contributed by atoms with Gasteiger partial charge in [-0.15, -0.1) is 0 Å². The normalized spacial score (nSPS) is 36.7. The molecule has 9 atom stereocenters. The molecule has 9 nitrogen and oxygen atoms in total. The highest BCUT2D eigenvalue weighted by Gasteiger charge is 2.71. The molecule has 1 saturated heterocycles. The fourth-order valence-electron chi connectivity index (χ4n) is 9.29. The Morgan fingerprint density at radius 2 is 1.77 bits per heavy atom. The third-order valence-corrected chi connectivity index (χ3v) is 11.1. The van der Waals surface area contributed by atoms with E-state index in [1.807, 2.05) is 26.8 Å². The van der Waals surface area contributed by atoms with Crippen LogP contribution in [0.15, 0.2) is 65.0 Å². The van der Waals surface area contributed by atoms with Crippen LogP contribution in [-0.4, -0.2) is 42.0 Å². The van der Waals surface area contributed by atoms with E-state index in [2.05, 4.69) is 6.92 Å². The smallest absolute Gasteiger partial charge is 0.335 e. The Morgan fingerprint density at radius 3 is 2.42 bits per heavy atom. The number of aliphatic hydroxyl groups excluding tert-OH is 1. The standard InChI is InChI=1S/C34H38O9/c1-32(2)25(30(38)42-19-9-7-6-8-10-19)21-15-20-22(34(4,28(21)37)27(32)26(36)31(39)40-5)11-13-33(3)23(20)16-24(35)43-29(33)18-12-14-41-17-18/h6-10,12,14-15,17,21-23,25-27,29,36H,11,13,16H2,1-5H3/t21-,22-,23-,25-,26+,27-,29-,33+,34+/m0/s1. The molecule has 1 aliphatic heterocycles. The second-order valence-corrected chi connectivity index (χ2v) is 13.6. The Morgan fingerprint density at radius 1 is 1.05 bits per heavy atom. The van der Waals surface area contributed by atoms with Gasteiger partial charge in [0, 0.05) is 22.3 Å². The predicted octanol–water partition coefficient (Wildman–Crippen LogP) is 4.84. The number of hydrogen-bond donors (Lipinski definition) is 1. The number of ether oxygens (including phenoxy) is 3. The Labute approximate surface area is 250 Å². The highest BCUT2D eigenvalue weighted by Crippen LogP contribution is 2.69. The molecule has 0 amide bonds. The van der Waals surface area contributed by atoms with E-state index in [-0.39, 0.29) is 30.0 Å². The monoisotopic (exact) mass is 590 g/mol. The van der Waals surface area contributed by atoms with Gasteiger partial charge in [0.2, 0.25) is 0 Å². The Kier molecular flexibility index (Phi) is 6.95. The lowest BCUT2D eigenvalue weighted by Gasteiger charge is -2.64. The topological polar surface area (TPSA) is 129 Å². The molecule has 4 aliphatic rings. The number of carbonyl (C=O) groups excluding carboxylic acids is 4. The summed E-state index contributed by atoms with van der Waals surface area (Å²) in [7, 11) is 1.19. The van der Waals surface area contributed by atoms with Gasteiger partial charge in [-0.05, 0) is 48.3 Å². The quantitative estimate of drug-likeness (QED) is 0.295. The fraction of sp³-hybridized carbons (Fsp3) is 0.529. The zero-order chi connectivity index (χ0) is 30.9. The van der Waals surface area contributed by atoms with Crippen molar-refractivity contribution >= 4 is 23.7 Å². The minimum Gasteiger partial charge on any atom is -0.472 e. The van der Waals surface area contributed by atoms with Crippen molar-refractivity contribution < 1.29 is 42.9 Å². The Balaban J connectivity index is 1.51. The van der Waals surface area contributed by atoms with Crippen LogP contribution in [0.4, 0.5) is 0 Å². The van der Waals surface area contributed by atoms with E-state index in [4.69, 9.17) is 18.6 Å². The van der Waals surface area contributed by atoms with Crippen molar-refractivity contribution in [2.45, 2.75) is 59.2 Å². The molecule has 0 radical (unpaired) electrons. The van der Waals surface area contributed by atoms with E-state index >= 15 is 0 Å². The maximum Gasteiger partial charge on any atom is 0.335 e. The molecule has 6 rings (SSSR count). The largest absolute Gasteiger partial charge is 0.472 e. The van der Waals surface area contributed by atoms with Crippen LogP contribution in [-0.2, 0) is 28.7 Å². The number of carbonyl (C=O) groups is 4. The highest BCUT2D eigenvalue weighted by molar-refractivity contribution is 5.97. The first-order valence-corrected chi connectivity index (χ1v) is 14.9. The lowest BCUT2D eigenvalue weighted by atomic mass is 9.38. The number of fused-ring (bicyclic) bond motifs is 6. The first-order valence-electron chi connectivity index (χ1n) is 14.9. The van der Waals surface area contributed by atoms with Crippen molar-refractivity contribution in [1.82, 2.24) is 0 Å². The molecule has 2 saturated carbocycles. The number of Topliss-reactive ketones (excluding diaryl/α,β-unsaturated/α-hetero) is 1. The number of rotatable bonds is 5. The predicted molar refractivity (Wildman–Crippen MR) is 152 cm³/mol. The lowest BCUT2D eigenvalue weighted by Crippen LogP contribution is -2.68. The number of ketones is 1. The van der Waals surface area contributed by atoms with Gasteiger partial charge < -0.3 is 23.7 Å². The van der Waals surface area contributed by atoms with E-state index in [0.717, 1.165) is 11.1 Å². The number of furan rings is 1. The number of hydrogen-bond acceptors (Lipinski definition) is 9. The maximum absolute atomic E-state index is 14.6. The van der Waals surface area contributed by atoms with Gasteiger partial charge in [0.05, 0.1) is 37.9 Å². The summed E-state index contributed by atoms with van der Waals surface area (Å²) in [6, 6.07) is 10.4. The van der Waals surface area contributed by atoms with Crippen LogP contribution in [0.25, 0.3) is 0 Å². The zero-order valence-electron chi connectivity index (χ0n) is 25.1. The van der Waals surface area contributed by atoms with Crippen LogP contribution >= 0.6 is 0 Å². The Bertz CT molecular complexity index is 1470. The minimum atomic E-state index is -1.66. The van der Waals surface area contributed by atoms with E-state index in [9.17, 15) is 24.3 Å². The summed E-state index contributed by atoms with van der Waals surface area (Å²) in [5, 5.41) is 11.6. The molecule has 0 spiro atoms. The van der Waals surface area contributed by atoms with Gasteiger partial charge in [-0.2, -0.15) is 0 Å². The molecule has 228 valence electrons. The summed E-state index contributed by atoms with van der Waals surface area (Å²) >= 11 is 0. The van der Waals surface area contributed by atoms with Crippen molar-refractivity contribution in [3.63, 3.8) is 0 Å². The van der Waals surface area contributed by atoms with Crippen molar-refractivity contribution in [2.24, 2.45) is 45.8 Å². The number of para-hydroxylation sites is 1. The first kappa shape index (κ1) is 29.4. The molecule has 2 aromatic rings. The van der Waals surface area contributed by atoms with Crippen LogP contribution < -0.4 is 4.74 Å². The van der Waals surface area contributed by atoms with Crippen LogP contribution in [0, 0.1) is 45.8 Å². The summed E-state index contributed by atoms with van der Waals surface area (Å²) in [6.45, 7) is 7.54. The molecule has 1 aromatic heterocycles. The maximum atomic E-state index is 14.6. The summed E-state index contributed by atoms with van der Waals surface area (Å²) in [4.78, 5) is 54.7. The molecule has 9 heteroatoms. The van der Waals surface area contributed by atoms with Gasteiger partial charge in [0.1, 0.15) is 17.6 Å². The fourth-order valence-corrected chi connectivity index (χ4v) is 9.29. The van der Waals surface area contributed by atoms with E-state index < -0.39 is 58.1 Å². The van der Waals surface area contributed by atoms with Crippen molar-refractivity contribution in [3.8, 4) is 5.75 Å². The minimum absolute atomic E-state index is 0.122. The summed E-state index contributed by atoms with van der Waals surface area (Å²) in [5.41, 5.74) is -1.11. The second kappa shape index (κ2) is 10.2. The van der Waals surface area contributed by atoms with Gasteiger partial charge in [-0.3, -0.25) is 14.4 Å². The van der Waals surface area contributed by atoms with Crippen LogP contribution in [0.3, 0.4) is 0 Å². The van der Waals surface area contributed by atoms with E-state index in [1.54, 1.807) is 48.9 Å². The average molecular weight is 591 g/mol. The Hall–Kier alpha value is -3.72. The zero-order valence-corrected chi connectivity index (χ0v) is 25.1. The van der Waals surface area contributed by atoms with Gasteiger partial charge in [-0.25, -0.2) is 4.79 Å². The molecule has 1 aromatic carbocycles. The van der Waals surface area contributed by atoms with E-state index in [0.29, 0.717) is 18.6 Å². The van der Waals surface area contributed by atoms with Crippen LogP contribution in [0.2, 0.25) is 0 Å². The van der Waals surface area contributed by atoms with Gasteiger partial charge >= 0.3 is 17.9 Å². The SMILES string of the molecule is COC(=O)[C@H](O)[C@H]1C(C)(C)[C@H](C(=O)Oc2ccccc2)[C@@H]2C=C3[C@@H]4CC(=O)O[C@@H](c5ccoc5)[C@]4(C)CC[C@@H]3[C@@]1(C)C2=O. The molecule has 3 aliphatic carbocycles. The molecular weight excluding hydrogens is 552 g/mol. The van der Waals surface area contributed by atoms with Crippen LogP contribution in [0.1, 0.15) is 58.6 Å². The molecule has 3 fully saturated rings. The van der Waals surface area contributed by atoms with E-state index in [1.165, 1.54) is 7.11 Å². The third-order valence-electron chi connectivity index (χ3n) is 11.1. The molecule has 43 heavy (non-hydrogen) atoms. The number of methoxy groups -OCH3 is 1.